The second-order valence-electron chi connectivity index (χ2n) is 3.16. The van der Waals surface area contributed by atoms with E-state index in [1.54, 1.807) is 0 Å². The van der Waals surface area contributed by atoms with Crippen molar-refractivity contribution in [3.8, 4) is 0 Å². The van der Waals surface area contributed by atoms with Crippen LogP contribution in [0.15, 0.2) is 18.2 Å². The Hall–Kier alpha value is -0.350. The maximum absolute atomic E-state index is 12.8. The molecule has 1 aromatic carbocycles. The number of hydrogen-bond acceptors (Lipinski definition) is 2. The van der Waals surface area contributed by atoms with Gasteiger partial charge in [0.2, 0.25) is 0 Å². The molecule has 5 heteroatoms. The molecule has 0 aliphatic carbocycles. The van der Waals surface area contributed by atoms with Gasteiger partial charge in [-0.3, -0.25) is 0 Å². The standard InChI is InChI=1S/C10H11Cl2FO2/c11-4-3-9(14)10(15)6-1-2-8(13)7(12)5-6/h1-2,5,9-10,14-15H,3-4H2. The molecule has 0 spiro atoms. The Balaban J connectivity index is 2.81. The van der Waals surface area contributed by atoms with Crippen LogP contribution in [0, 0.1) is 5.82 Å². The minimum absolute atomic E-state index is 0.0791. The first kappa shape index (κ1) is 12.7. The molecule has 1 aromatic rings. The fraction of sp³-hybridized carbons (Fsp3) is 0.400. The van der Waals surface area contributed by atoms with Crippen molar-refractivity contribution >= 4 is 23.2 Å². The lowest BCUT2D eigenvalue weighted by molar-refractivity contribution is 0.0170. The predicted molar refractivity (Wildman–Crippen MR) is 57.7 cm³/mol. The number of alkyl halides is 1. The van der Waals surface area contributed by atoms with E-state index >= 15 is 0 Å². The van der Waals surface area contributed by atoms with E-state index < -0.39 is 18.0 Å². The monoisotopic (exact) mass is 252 g/mol. The molecule has 2 unspecified atom stereocenters. The smallest absolute Gasteiger partial charge is 0.141 e. The van der Waals surface area contributed by atoms with Gasteiger partial charge in [-0.15, -0.1) is 11.6 Å². The third kappa shape index (κ3) is 3.31. The van der Waals surface area contributed by atoms with Gasteiger partial charge in [-0.25, -0.2) is 4.39 Å². The van der Waals surface area contributed by atoms with E-state index in [2.05, 4.69) is 0 Å². The largest absolute Gasteiger partial charge is 0.390 e. The average Bonchev–Trinajstić information content (AvgIpc) is 2.21. The van der Waals surface area contributed by atoms with Crippen molar-refractivity contribution in [3.05, 3.63) is 34.6 Å². The highest BCUT2D eigenvalue weighted by atomic mass is 35.5. The Morgan fingerprint density at radius 1 is 1.33 bits per heavy atom. The maximum atomic E-state index is 12.8. The topological polar surface area (TPSA) is 40.5 Å². The number of hydrogen-bond donors (Lipinski definition) is 2. The average molecular weight is 253 g/mol. The molecule has 0 aliphatic rings. The fourth-order valence-corrected chi connectivity index (χ4v) is 1.60. The normalized spacial score (nSPS) is 15.0. The minimum Gasteiger partial charge on any atom is -0.390 e. The van der Waals surface area contributed by atoms with Crippen LogP contribution in [-0.4, -0.2) is 22.2 Å². The Kier molecular flexibility index (Phi) is 4.80. The van der Waals surface area contributed by atoms with Gasteiger partial charge in [0, 0.05) is 5.88 Å². The lowest BCUT2D eigenvalue weighted by Crippen LogP contribution is -2.18. The molecule has 15 heavy (non-hydrogen) atoms. The van der Waals surface area contributed by atoms with Crippen molar-refractivity contribution in [2.45, 2.75) is 18.6 Å². The van der Waals surface area contributed by atoms with E-state index in [1.807, 2.05) is 0 Å². The van der Waals surface area contributed by atoms with E-state index in [0.29, 0.717) is 5.56 Å². The molecule has 0 fully saturated rings. The lowest BCUT2D eigenvalue weighted by Gasteiger charge is -2.17. The quantitative estimate of drug-likeness (QED) is 0.809. The molecule has 0 saturated carbocycles. The Labute approximate surface area is 97.3 Å². The van der Waals surface area contributed by atoms with Gasteiger partial charge in [0.1, 0.15) is 11.9 Å². The zero-order valence-electron chi connectivity index (χ0n) is 7.83. The van der Waals surface area contributed by atoms with Crippen LogP contribution in [0.4, 0.5) is 4.39 Å². The first-order chi connectivity index (χ1) is 7.06. The molecule has 0 saturated heterocycles. The summed E-state index contributed by atoms with van der Waals surface area (Å²) in [6.07, 6.45) is -1.80. The van der Waals surface area contributed by atoms with Gasteiger partial charge in [-0.2, -0.15) is 0 Å². The second kappa shape index (κ2) is 5.66. The molecule has 1 rings (SSSR count). The summed E-state index contributed by atoms with van der Waals surface area (Å²) in [5.74, 6) is -0.313. The summed E-state index contributed by atoms with van der Waals surface area (Å²) in [7, 11) is 0. The zero-order valence-corrected chi connectivity index (χ0v) is 9.34. The summed E-state index contributed by atoms with van der Waals surface area (Å²) in [5, 5.41) is 19.0. The van der Waals surface area contributed by atoms with E-state index in [9.17, 15) is 14.6 Å². The number of aliphatic hydroxyl groups is 2. The summed E-state index contributed by atoms with van der Waals surface area (Å²) in [6, 6.07) is 3.82. The van der Waals surface area contributed by atoms with Crippen molar-refractivity contribution in [2.24, 2.45) is 0 Å². The highest BCUT2D eigenvalue weighted by molar-refractivity contribution is 6.30. The number of rotatable bonds is 4. The maximum Gasteiger partial charge on any atom is 0.141 e. The predicted octanol–water partition coefficient (Wildman–Crippen LogP) is 2.50. The molecule has 0 bridgehead atoms. The fourth-order valence-electron chi connectivity index (χ4n) is 1.19. The third-order valence-corrected chi connectivity index (χ3v) is 2.56. The first-order valence-corrected chi connectivity index (χ1v) is 5.34. The van der Waals surface area contributed by atoms with Crippen molar-refractivity contribution in [3.63, 3.8) is 0 Å². The lowest BCUT2D eigenvalue weighted by atomic mass is 10.0. The summed E-state index contributed by atoms with van der Waals surface area (Å²) in [6.45, 7) is 0. The van der Waals surface area contributed by atoms with Crippen LogP contribution < -0.4 is 0 Å². The number of halogens is 3. The van der Waals surface area contributed by atoms with Gasteiger partial charge in [0.05, 0.1) is 11.1 Å². The van der Waals surface area contributed by atoms with Crippen molar-refractivity contribution < 1.29 is 14.6 Å². The van der Waals surface area contributed by atoms with E-state index in [0.717, 1.165) is 6.07 Å². The zero-order chi connectivity index (χ0) is 11.4. The summed E-state index contributed by atoms with van der Waals surface area (Å²) < 4.78 is 12.8. The molecule has 84 valence electrons. The summed E-state index contributed by atoms with van der Waals surface area (Å²) >= 11 is 11.0. The van der Waals surface area contributed by atoms with Gasteiger partial charge in [-0.1, -0.05) is 17.7 Å². The molecule has 0 heterocycles. The van der Waals surface area contributed by atoms with Gasteiger partial charge in [-0.05, 0) is 24.1 Å². The number of aliphatic hydroxyl groups excluding tert-OH is 2. The van der Waals surface area contributed by atoms with E-state index in [1.165, 1.54) is 12.1 Å². The van der Waals surface area contributed by atoms with Crippen LogP contribution in [-0.2, 0) is 0 Å². The third-order valence-electron chi connectivity index (χ3n) is 2.05. The summed E-state index contributed by atoms with van der Waals surface area (Å²) in [4.78, 5) is 0. The van der Waals surface area contributed by atoms with E-state index in [4.69, 9.17) is 23.2 Å². The van der Waals surface area contributed by atoms with Gasteiger partial charge in [0.15, 0.2) is 0 Å². The number of benzene rings is 1. The van der Waals surface area contributed by atoms with Crippen molar-refractivity contribution in [1.29, 1.82) is 0 Å². The van der Waals surface area contributed by atoms with Gasteiger partial charge < -0.3 is 10.2 Å². The molecule has 0 radical (unpaired) electrons. The van der Waals surface area contributed by atoms with Crippen LogP contribution in [0.3, 0.4) is 0 Å². The van der Waals surface area contributed by atoms with Gasteiger partial charge >= 0.3 is 0 Å². The molecular weight excluding hydrogens is 242 g/mol. The molecule has 0 aromatic heterocycles. The Morgan fingerprint density at radius 2 is 2.00 bits per heavy atom. The SMILES string of the molecule is OC(CCCl)C(O)c1ccc(F)c(Cl)c1. The van der Waals surface area contributed by atoms with Crippen LogP contribution in [0.25, 0.3) is 0 Å². The second-order valence-corrected chi connectivity index (χ2v) is 3.95. The first-order valence-electron chi connectivity index (χ1n) is 4.43. The highest BCUT2D eigenvalue weighted by Crippen LogP contribution is 2.24. The Bertz CT molecular complexity index is 333. The van der Waals surface area contributed by atoms with Crippen molar-refractivity contribution in [1.82, 2.24) is 0 Å². The highest BCUT2D eigenvalue weighted by Gasteiger charge is 2.18. The molecule has 2 nitrogen and oxygen atoms in total. The van der Waals surface area contributed by atoms with Crippen LogP contribution >= 0.6 is 23.2 Å². The van der Waals surface area contributed by atoms with E-state index in [-0.39, 0.29) is 17.3 Å². The van der Waals surface area contributed by atoms with Crippen LogP contribution in [0.2, 0.25) is 5.02 Å². The molecule has 0 aliphatic heterocycles. The molecule has 2 atom stereocenters. The Morgan fingerprint density at radius 3 is 2.53 bits per heavy atom. The minimum atomic E-state index is -1.10. The summed E-state index contributed by atoms with van der Waals surface area (Å²) in [5.41, 5.74) is 0.374. The molecule has 2 N–H and O–H groups in total. The van der Waals surface area contributed by atoms with Crippen molar-refractivity contribution in [2.75, 3.05) is 5.88 Å². The van der Waals surface area contributed by atoms with Crippen LogP contribution in [0.1, 0.15) is 18.1 Å². The van der Waals surface area contributed by atoms with Gasteiger partial charge in [0.25, 0.3) is 0 Å². The molecule has 0 amide bonds. The van der Waals surface area contributed by atoms with Crippen LogP contribution in [0.5, 0.6) is 0 Å². The molecular formula is C10H11Cl2FO2.